The predicted molar refractivity (Wildman–Crippen MR) is 170 cm³/mol. The number of halogens is 2. The third kappa shape index (κ3) is 5.21. The van der Waals surface area contributed by atoms with E-state index in [1.54, 1.807) is 21.9 Å². The number of fused-ring (bicyclic) bond motifs is 1. The topological polar surface area (TPSA) is 126 Å². The lowest BCUT2D eigenvalue weighted by Gasteiger charge is -2.40. The first-order chi connectivity index (χ1) is 21.8. The van der Waals surface area contributed by atoms with Crippen molar-refractivity contribution in [2.45, 2.75) is 55.7 Å². The maximum absolute atomic E-state index is 16.0. The molecule has 240 valence electrons. The van der Waals surface area contributed by atoms with Crippen molar-refractivity contribution in [1.29, 1.82) is 0 Å². The number of piperazine rings is 1. The lowest BCUT2D eigenvalue weighted by molar-refractivity contribution is -0.126. The van der Waals surface area contributed by atoms with E-state index in [2.05, 4.69) is 16.5 Å². The van der Waals surface area contributed by atoms with Crippen LogP contribution in [-0.4, -0.2) is 69.8 Å². The molecule has 3 heterocycles. The molecule has 2 aromatic carbocycles. The number of nitrogens with zero attached hydrogens (tertiary/aromatic N) is 5. The molecule has 4 aromatic rings. The number of para-hydroxylation sites is 1. The number of sulfone groups is 1. The highest BCUT2D eigenvalue weighted by Crippen LogP contribution is 2.45. The van der Waals surface area contributed by atoms with Crippen LogP contribution in [-0.2, 0) is 14.6 Å². The van der Waals surface area contributed by atoms with Crippen LogP contribution in [0.1, 0.15) is 45.1 Å². The molecule has 0 radical (unpaired) electrons. The molecule has 6 rings (SSSR count). The Bertz CT molecular complexity index is 2060. The molecule has 1 atom stereocenters. The number of hydrogen-bond acceptors (Lipinski definition) is 8. The zero-order valence-electron chi connectivity index (χ0n) is 25.6. The summed E-state index contributed by atoms with van der Waals surface area (Å²) in [6.07, 6.45) is 2.77. The fraction of sp³-hybridized carbons (Fsp3) is 0.333. The van der Waals surface area contributed by atoms with Crippen LogP contribution in [0.4, 0.5) is 14.6 Å². The number of pyridine rings is 1. The van der Waals surface area contributed by atoms with E-state index in [9.17, 15) is 23.1 Å². The van der Waals surface area contributed by atoms with Crippen LogP contribution in [0.25, 0.3) is 28.0 Å². The van der Waals surface area contributed by atoms with Gasteiger partial charge in [0.1, 0.15) is 23.1 Å². The van der Waals surface area contributed by atoms with Crippen LogP contribution in [0, 0.1) is 11.6 Å². The Morgan fingerprint density at radius 1 is 1.09 bits per heavy atom. The van der Waals surface area contributed by atoms with Crippen molar-refractivity contribution in [2.75, 3.05) is 24.5 Å². The van der Waals surface area contributed by atoms with E-state index in [0.29, 0.717) is 5.56 Å². The van der Waals surface area contributed by atoms with E-state index in [0.717, 1.165) is 29.5 Å². The third-order valence-corrected chi connectivity index (χ3v) is 10.8. The van der Waals surface area contributed by atoms with Gasteiger partial charge in [-0.2, -0.15) is 4.98 Å². The highest BCUT2D eigenvalue weighted by atomic mass is 32.2. The molecule has 1 saturated heterocycles. The summed E-state index contributed by atoms with van der Waals surface area (Å²) in [5.74, 6) is -2.68. The molecule has 0 spiro atoms. The number of phenolic OH excluding ortho intramolecular Hbond substituents is 1. The highest BCUT2D eigenvalue weighted by Gasteiger charge is 2.35. The van der Waals surface area contributed by atoms with Gasteiger partial charge in [0.15, 0.2) is 21.3 Å². The molecular weight excluding hydrogens is 616 g/mol. The molecule has 0 bridgehead atoms. The zero-order chi connectivity index (χ0) is 33.1. The number of aromatic nitrogens is 3. The van der Waals surface area contributed by atoms with Crippen LogP contribution >= 0.6 is 0 Å². The molecule has 10 nitrogen and oxygen atoms in total. The van der Waals surface area contributed by atoms with Crippen molar-refractivity contribution in [3.8, 4) is 22.7 Å². The number of hydrogen-bond donors (Lipinski definition) is 1. The number of phenols is 1. The standard InChI is InChI=1S/C33H33F2N5O5S/c1-5-27(42)38-14-15-39(19(4)17-38)31-22-16-24(35)29(28-23(34)9-7-10-25(28)41)36-32(22)40(33(43)37-31)30-21(20-12-13-20)8-6-11-26(30)46(44,45)18(2)3/h5-11,16,18-20,41H,1,12-15,17H2,2-4H3/t19-/m0/s1. The minimum absolute atomic E-state index is 0.0232. The quantitative estimate of drug-likeness (QED) is 0.286. The Morgan fingerprint density at radius 3 is 2.43 bits per heavy atom. The maximum atomic E-state index is 16.0. The van der Waals surface area contributed by atoms with Crippen LogP contribution in [0.2, 0.25) is 0 Å². The van der Waals surface area contributed by atoms with Crippen molar-refractivity contribution >= 4 is 32.6 Å². The lowest BCUT2D eigenvalue weighted by Crippen LogP contribution is -2.54. The summed E-state index contributed by atoms with van der Waals surface area (Å²) >= 11 is 0. The van der Waals surface area contributed by atoms with Gasteiger partial charge in [-0.05, 0) is 75.4 Å². The second-order valence-corrected chi connectivity index (χ2v) is 14.4. The summed E-state index contributed by atoms with van der Waals surface area (Å²) in [5.41, 5.74) is -1.40. The number of aromatic hydroxyl groups is 1. The Hall–Kier alpha value is -4.65. The molecular formula is C33H33F2N5O5S. The molecule has 2 aliphatic rings. The normalized spacial score (nSPS) is 17.1. The summed E-state index contributed by atoms with van der Waals surface area (Å²) in [6, 6.07) is 9.02. The minimum Gasteiger partial charge on any atom is -0.507 e. The van der Waals surface area contributed by atoms with E-state index in [4.69, 9.17) is 0 Å². The highest BCUT2D eigenvalue weighted by molar-refractivity contribution is 7.92. The van der Waals surface area contributed by atoms with Gasteiger partial charge in [0.05, 0.1) is 26.8 Å². The predicted octanol–water partition coefficient (Wildman–Crippen LogP) is 4.71. The Kier molecular flexibility index (Phi) is 7.91. The molecule has 2 fully saturated rings. The van der Waals surface area contributed by atoms with E-state index in [1.807, 2.05) is 6.92 Å². The van der Waals surface area contributed by atoms with Gasteiger partial charge in [-0.3, -0.25) is 4.79 Å². The van der Waals surface area contributed by atoms with E-state index in [1.165, 1.54) is 38.1 Å². The smallest absolute Gasteiger partial charge is 0.355 e. The van der Waals surface area contributed by atoms with Crippen molar-refractivity contribution in [1.82, 2.24) is 19.4 Å². The van der Waals surface area contributed by atoms with E-state index < -0.39 is 49.4 Å². The molecule has 1 amide bonds. The molecule has 1 aliphatic heterocycles. The second-order valence-electron chi connectivity index (χ2n) is 12.0. The number of carbonyl (C=O) groups excluding carboxylic acids is 1. The van der Waals surface area contributed by atoms with Gasteiger partial charge in [0.25, 0.3) is 0 Å². The zero-order valence-corrected chi connectivity index (χ0v) is 26.4. The van der Waals surface area contributed by atoms with Crippen LogP contribution in [0.3, 0.4) is 0 Å². The van der Waals surface area contributed by atoms with Gasteiger partial charge >= 0.3 is 5.69 Å². The largest absolute Gasteiger partial charge is 0.507 e. The molecule has 2 aromatic heterocycles. The Balaban J connectivity index is 1.70. The van der Waals surface area contributed by atoms with Crippen molar-refractivity contribution in [2.24, 2.45) is 0 Å². The summed E-state index contributed by atoms with van der Waals surface area (Å²) in [5, 5.41) is 9.79. The summed E-state index contributed by atoms with van der Waals surface area (Å²) < 4.78 is 59.6. The van der Waals surface area contributed by atoms with Crippen molar-refractivity contribution in [3.05, 3.63) is 82.8 Å². The average Bonchev–Trinajstić information content (AvgIpc) is 3.86. The third-order valence-electron chi connectivity index (χ3n) is 8.61. The van der Waals surface area contributed by atoms with E-state index >= 15 is 8.78 Å². The number of benzene rings is 2. The fourth-order valence-corrected chi connectivity index (χ4v) is 7.29. The lowest BCUT2D eigenvalue weighted by atomic mass is 10.1. The number of carbonyl (C=O) groups is 1. The molecule has 0 unspecified atom stereocenters. The number of amides is 1. The molecule has 46 heavy (non-hydrogen) atoms. The first-order valence-corrected chi connectivity index (χ1v) is 16.6. The SMILES string of the molecule is C=CC(=O)N1CCN(c2nc(=O)n(-c3c(C4CC4)cccc3S(=O)(=O)C(C)C)c3nc(-c4c(O)cccc4F)c(F)cc23)[C@@H](C)C1. The van der Waals surface area contributed by atoms with Gasteiger partial charge in [-0.15, -0.1) is 0 Å². The monoisotopic (exact) mass is 649 g/mol. The van der Waals surface area contributed by atoms with Gasteiger partial charge in [-0.1, -0.05) is 24.8 Å². The maximum Gasteiger partial charge on any atom is 0.355 e. The fourth-order valence-electron chi connectivity index (χ4n) is 6.04. The summed E-state index contributed by atoms with van der Waals surface area (Å²) in [6.45, 7) is 9.24. The summed E-state index contributed by atoms with van der Waals surface area (Å²) in [4.78, 5) is 38.7. The molecule has 1 aliphatic carbocycles. The Morgan fingerprint density at radius 2 is 1.80 bits per heavy atom. The molecule has 1 N–H and O–H groups in total. The second kappa shape index (κ2) is 11.6. The van der Waals surface area contributed by atoms with Gasteiger partial charge < -0.3 is 14.9 Å². The molecule has 1 saturated carbocycles. The number of anilines is 1. The van der Waals surface area contributed by atoms with Crippen LogP contribution < -0.4 is 10.6 Å². The van der Waals surface area contributed by atoms with Crippen LogP contribution in [0.15, 0.2) is 64.8 Å². The summed E-state index contributed by atoms with van der Waals surface area (Å²) in [7, 11) is -3.95. The van der Waals surface area contributed by atoms with Gasteiger partial charge in [0, 0.05) is 25.7 Å². The first kappa shape index (κ1) is 31.3. The van der Waals surface area contributed by atoms with Crippen LogP contribution in [0.5, 0.6) is 5.75 Å². The van der Waals surface area contributed by atoms with Gasteiger partial charge in [0.2, 0.25) is 5.91 Å². The minimum atomic E-state index is -3.95. The first-order valence-electron chi connectivity index (χ1n) is 15.0. The van der Waals surface area contributed by atoms with Crippen molar-refractivity contribution in [3.63, 3.8) is 0 Å². The van der Waals surface area contributed by atoms with Gasteiger partial charge in [-0.25, -0.2) is 31.5 Å². The van der Waals surface area contributed by atoms with Crippen molar-refractivity contribution < 1.29 is 27.1 Å². The average molecular weight is 650 g/mol. The molecule has 13 heteroatoms. The number of rotatable bonds is 7. The van der Waals surface area contributed by atoms with E-state index in [-0.39, 0.29) is 64.9 Å². The Labute approximate surface area is 264 Å².